The molecular weight excluding hydrogens is 285 g/mol. The minimum atomic E-state index is -0.184. The van der Waals surface area contributed by atoms with Crippen LogP contribution in [0.25, 0.3) is 10.2 Å². The van der Waals surface area contributed by atoms with E-state index in [0.717, 1.165) is 47.9 Å². The molecule has 3 nitrogen and oxygen atoms in total. The molecule has 1 aliphatic rings. The van der Waals surface area contributed by atoms with Crippen LogP contribution in [0.1, 0.15) is 11.4 Å². The Hall–Kier alpha value is -0.750. The van der Waals surface area contributed by atoms with Crippen LogP contribution in [-0.4, -0.2) is 36.1 Å². The fraction of sp³-hybridized carbons (Fsp3) is 0.462. The van der Waals surface area contributed by atoms with Gasteiger partial charge < -0.3 is 5.32 Å². The van der Waals surface area contributed by atoms with Gasteiger partial charge in [-0.2, -0.15) is 0 Å². The molecule has 1 aromatic carbocycles. The summed E-state index contributed by atoms with van der Waals surface area (Å²) in [5, 5.41) is 4.47. The predicted octanol–water partition coefficient (Wildman–Crippen LogP) is 2.65. The first-order valence-electron chi connectivity index (χ1n) is 6.29. The van der Waals surface area contributed by atoms with Gasteiger partial charge in [0.15, 0.2) is 0 Å². The van der Waals surface area contributed by atoms with E-state index in [4.69, 9.17) is 0 Å². The average molecular weight is 302 g/mol. The van der Waals surface area contributed by atoms with Crippen molar-refractivity contribution in [2.45, 2.75) is 13.0 Å². The number of halogens is 2. The standard InChI is InChI=1S/C13H16FN3S.ClH/c14-10-2-3-11-12(8-10)18-13(16-11)9-17-6-1-4-15-5-7-17;/h2-3,8,15H,1,4-7,9H2;1H. The Morgan fingerprint density at radius 1 is 1.32 bits per heavy atom. The lowest BCUT2D eigenvalue weighted by molar-refractivity contribution is 0.284. The Kier molecular flexibility index (Phi) is 5.10. The third-order valence-corrected chi connectivity index (χ3v) is 4.19. The van der Waals surface area contributed by atoms with Crippen molar-refractivity contribution in [3.63, 3.8) is 0 Å². The molecule has 3 rings (SSSR count). The largest absolute Gasteiger partial charge is 0.315 e. The second-order valence-corrected chi connectivity index (χ2v) is 5.71. The molecule has 1 aliphatic heterocycles. The number of hydrogen-bond acceptors (Lipinski definition) is 4. The number of nitrogens with zero attached hydrogens (tertiary/aromatic N) is 2. The molecule has 2 heterocycles. The number of aromatic nitrogens is 1. The highest BCUT2D eigenvalue weighted by Crippen LogP contribution is 2.23. The number of fused-ring (bicyclic) bond motifs is 1. The van der Waals surface area contributed by atoms with Gasteiger partial charge in [0.05, 0.1) is 16.8 Å². The number of benzene rings is 1. The number of nitrogens with one attached hydrogen (secondary N) is 1. The van der Waals surface area contributed by atoms with Crippen LogP contribution in [0, 0.1) is 5.82 Å². The Bertz CT molecular complexity index is 538. The predicted molar refractivity (Wildman–Crippen MR) is 79.6 cm³/mol. The van der Waals surface area contributed by atoms with Crippen LogP contribution in [-0.2, 0) is 6.54 Å². The van der Waals surface area contributed by atoms with Gasteiger partial charge >= 0.3 is 0 Å². The highest BCUT2D eigenvalue weighted by molar-refractivity contribution is 7.18. The van der Waals surface area contributed by atoms with Gasteiger partial charge in [0.2, 0.25) is 0 Å². The van der Waals surface area contributed by atoms with Gasteiger partial charge in [0.1, 0.15) is 10.8 Å². The van der Waals surface area contributed by atoms with Crippen molar-refractivity contribution in [2.24, 2.45) is 0 Å². The molecule has 0 aliphatic carbocycles. The highest BCUT2D eigenvalue weighted by atomic mass is 35.5. The molecule has 104 valence electrons. The van der Waals surface area contributed by atoms with Crippen LogP contribution in [0.3, 0.4) is 0 Å². The molecule has 1 saturated heterocycles. The van der Waals surface area contributed by atoms with Crippen molar-refractivity contribution < 1.29 is 4.39 Å². The van der Waals surface area contributed by atoms with E-state index >= 15 is 0 Å². The van der Waals surface area contributed by atoms with Crippen LogP contribution in [0.15, 0.2) is 18.2 Å². The van der Waals surface area contributed by atoms with Gasteiger partial charge in [0.25, 0.3) is 0 Å². The fourth-order valence-electron chi connectivity index (χ4n) is 2.26. The molecule has 1 fully saturated rings. The molecule has 0 atom stereocenters. The van der Waals surface area contributed by atoms with Crippen molar-refractivity contribution >= 4 is 34.0 Å². The van der Waals surface area contributed by atoms with Gasteiger partial charge in [-0.05, 0) is 37.7 Å². The molecule has 2 aromatic rings. The molecule has 0 saturated carbocycles. The van der Waals surface area contributed by atoms with Crippen LogP contribution in [0.5, 0.6) is 0 Å². The van der Waals surface area contributed by atoms with Crippen LogP contribution >= 0.6 is 23.7 Å². The maximum atomic E-state index is 13.1. The summed E-state index contributed by atoms with van der Waals surface area (Å²) in [6.07, 6.45) is 1.18. The fourth-order valence-corrected chi connectivity index (χ4v) is 3.30. The Labute approximate surface area is 122 Å². The van der Waals surface area contributed by atoms with Crippen molar-refractivity contribution in [3.05, 3.63) is 29.0 Å². The molecule has 6 heteroatoms. The summed E-state index contributed by atoms with van der Waals surface area (Å²) in [5.41, 5.74) is 0.907. The van der Waals surface area contributed by atoms with E-state index in [1.165, 1.54) is 12.5 Å². The second kappa shape index (κ2) is 6.61. The number of thiazole rings is 1. The number of hydrogen-bond donors (Lipinski definition) is 1. The van der Waals surface area contributed by atoms with Crippen molar-refractivity contribution in [1.82, 2.24) is 15.2 Å². The summed E-state index contributed by atoms with van der Waals surface area (Å²) < 4.78 is 14.1. The second-order valence-electron chi connectivity index (χ2n) is 4.60. The van der Waals surface area contributed by atoms with Crippen LogP contribution in [0.4, 0.5) is 4.39 Å². The van der Waals surface area contributed by atoms with Gasteiger partial charge in [-0.15, -0.1) is 23.7 Å². The maximum Gasteiger partial charge on any atom is 0.124 e. The first-order valence-corrected chi connectivity index (χ1v) is 7.11. The highest BCUT2D eigenvalue weighted by Gasteiger charge is 2.12. The normalized spacial score (nSPS) is 17.1. The summed E-state index contributed by atoms with van der Waals surface area (Å²) >= 11 is 1.60. The van der Waals surface area contributed by atoms with Crippen molar-refractivity contribution in [3.8, 4) is 0 Å². The molecule has 0 unspecified atom stereocenters. The van der Waals surface area contributed by atoms with E-state index < -0.39 is 0 Å². The van der Waals surface area contributed by atoms with E-state index in [9.17, 15) is 4.39 Å². The summed E-state index contributed by atoms with van der Waals surface area (Å²) in [4.78, 5) is 6.98. The topological polar surface area (TPSA) is 28.2 Å². The summed E-state index contributed by atoms with van der Waals surface area (Å²) in [6, 6.07) is 4.80. The third kappa shape index (κ3) is 3.63. The zero-order chi connectivity index (χ0) is 12.4. The molecule has 0 radical (unpaired) electrons. The van der Waals surface area contributed by atoms with E-state index in [-0.39, 0.29) is 18.2 Å². The molecule has 0 bridgehead atoms. The lowest BCUT2D eigenvalue weighted by Crippen LogP contribution is -2.27. The average Bonchev–Trinajstić information content (AvgIpc) is 2.57. The lowest BCUT2D eigenvalue weighted by atomic mass is 10.3. The molecule has 1 N–H and O–H groups in total. The quantitative estimate of drug-likeness (QED) is 0.924. The molecule has 1 aromatic heterocycles. The summed E-state index contributed by atoms with van der Waals surface area (Å²) in [6.45, 7) is 5.19. The number of rotatable bonds is 2. The molecular formula is C13H17ClFN3S. The first kappa shape index (κ1) is 14.7. The molecule has 0 spiro atoms. The molecule has 0 amide bonds. The Balaban J connectivity index is 0.00000133. The SMILES string of the molecule is Cl.Fc1ccc2nc(CN3CCCNCC3)sc2c1. The van der Waals surface area contributed by atoms with E-state index in [0.29, 0.717) is 0 Å². The zero-order valence-corrected chi connectivity index (χ0v) is 12.2. The molecule has 19 heavy (non-hydrogen) atoms. The van der Waals surface area contributed by atoms with Crippen LogP contribution < -0.4 is 5.32 Å². The van der Waals surface area contributed by atoms with Gasteiger partial charge in [-0.3, -0.25) is 4.90 Å². The van der Waals surface area contributed by atoms with Gasteiger partial charge in [0, 0.05) is 13.1 Å². The third-order valence-electron chi connectivity index (χ3n) is 3.19. The first-order chi connectivity index (χ1) is 8.81. The van der Waals surface area contributed by atoms with Gasteiger partial charge in [-0.25, -0.2) is 9.37 Å². The Morgan fingerprint density at radius 2 is 2.21 bits per heavy atom. The Morgan fingerprint density at radius 3 is 3.11 bits per heavy atom. The maximum absolute atomic E-state index is 13.1. The van der Waals surface area contributed by atoms with E-state index in [2.05, 4.69) is 15.2 Å². The monoisotopic (exact) mass is 301 g/mol. The zero-order valence-electron chi connectivity index (χ0n) is 10.6. The minimum absolute atomic E-state index is 0. The van der Waals surface area contributed by atoms with Crippen molar-refractivity contribution in [1.29, 1.82) is 0 Å². The van der Waals surface area contributed by atoms with Crippen LogP contribution in [0.2, 0.25) is 0 Å². The minimum Gasteiger partial charge on any atom is -0.315 e. The van der Waals surface area contributed by atoms with E-state index in [1.54, 1.807) is 23.5 Å². The van der Waals surface area contributed by atoms with E-state index in [1.807, 2.05) is 0 Å². The lowest BCUT2D eigenvalue weighted by Gasteiger charge is -2.17. The summed E-state index contributed by atoms with van der Waals surface area (Å²) in [7, 11) is 0. The van der Waals surface area contributed by atoms with Gasteiger partial charge in [-0.1, -0.05) is 0 Å². The smallest absolute Gasteiger partial charge is 0.124 e. The van der Waals surface area contributed by atoms with Crippen molar-refractivity contribution in [2.75, 3.05) is 26.2 Å². The summed E-state index contributed by atoms with van der Waals surface area (Å²) in [5.74, 6) is -0.184.